The summed E-state index contributed by atoms with van der Waals surface area (Å²) in [6, 6.07) is 19.9. The molecule has 2 aromatic carbocycles. The summed E-state index contributed by atoms with van der Waals surface area (Å²) in [7, 11) is 0. The zero-order valence-corrected chi connectivity index (χ0v) is 17.6. The van der Waals surface area contributed by atoms with Gasteiger partial charge in [-0.05, 0) is 19.4 Å². The highest BCUT2D eigenvalue weighted by molar-refractivity contribution is 7.99. The van der Waals surface area contributed by atoms with Gasteiger partial charge in [0.05, 0.1) is 11.4 Å². The van der Waals surface area contributed by atoms with Crippen molar-refractivity contribution in [2.75, 3.05) is 11.1 Å². The molecular weight excluding hydrogens is 396 g/mol. The van der Waals surface area contributed by atoms with Crippen molar-refractivity contribution in [1.29, 1.82) is 0 Å². The molecule has 4 rings (SSSR count). The molecule has 6 nitrogen and oxygen atoms in total. The molecular formula is C23H22N4O2S. The van der Waals surface area contributed by atoms with Crippen molar-refractivity contribution in [3.05, 3.63) is 83.2 Å². The summed E-state index contributed by atoms with van der Waals surface area (Å²) in [4.78, 5) is 20.2. The van der Waals surface area contributed by atoms with E-state index in [0.29, 0.717) is 11.6 Å². The molecule has 4 aromatic rings. The maximum atomic E-state index is 12.3. The van der Waals surface area contributed by atoms with Crippen molar-refractivity contribution < 1.29 is 9.32 Å². The van der Waals surface area contributed by atoms with Crippen LogP contribution in [-0.4, -0.2) is 26.8 Å². The summed E-state index contributed by atoms with van der Waals surface area (Å²) in [5.41, 5.74) is 6.01. The molecule has 2 aromatic heterocycles. The molecule has 0 aliphatic rings. The number of carbonyl (C=O) groups excluding carboxylic acids is 1. The largest absolute Gasteiger partial charge is 0.338 e. The number of benzene rings is 2. The molecule has 0 aliphatic heterocycles. The quantitative estimate of drug-likeness (QED) is 0.413. The van der Waals surface area contributed by atoms with Gasteiger partial charge in [0.25, 0.3) is 0 Å². The third-order valence-corrected chi connectivity index (χ3v) is 5.51. The van der Waals surface area contributed by atoms with E-state index in [9.17, 15) is 4.79 Å². The molecule has 0 radical (unpaired) electrons. The fourth-order valence-corrected chi connectivity index (χ4v) is 3.74. The van der Waals surface area contributed by atoms with Gasteiger partial charge < -0.3 is 9.51 Å². The van der Waals surface area contributed by atoms with Crippen LogP contribution in [0.2, 0.25) is 0 Å². The van der Waals surface area contributed by atoms with Gasteiger partial charge in [-0.1, -0.05) is 77.1 Å². The summed E-state index contributed by atoms with van der Waals surface area (Å²) in [6.45, 7) is 4.03. The minimum absolute atomic E-state index is 0.176. The molecule has 30 heavy (non-hydrogen) atoms. The van der Waals surface area contributed by atoms with Crippen molar-refractivity contribution in [3.8, 4) is 11.3 Å². The van der Waals surface area contributed by atoms with Gasteiger partial charge >= 0.3 is 0 Å². The average molecular weight is 419 g/mol. The Hall–Kier alpha value is -3.32. The van der Waals surface area contributed by atoms with Gasteiger partial charge in [0.1, 0.15) is 5.69 Å². The molecule has 0 spiro atoms. The topological polar surface area (TPSA) is 83.8 Å². The fraction of sp³-hybridized carbons (Fsp3) is 0.174. The molecule has 0 aliphatic carbocycles. The Balaban J connectivity index is 1.32. The highest BCUT2D eigenvalue weighted by atomic mass is 32.2. The first-order valence-corrected chi connectivity index (χ1v) is 10.6. The van der Waals surface area contributed by atoms with Crippen LogP contribution in [0.5, 0.6) is 0 Å². The average Bonchev–Trinajstić information content (AvgIpc) is 3.34. The van der Waals surface area contributed by atoms with Crippen LogP contribution in [0.15, 0.2) is 70.3 Å². The zero-order valence-electron chi connectivity index (χ0n) is 16.8. The number of carbonyl (C=O) groups is 1. The molecule has 152 valence electrons. The normalized spacial score (nSPS) is 10.9. The Bertz CT molecular complexity index is 1130. The van der Waals surface area contributed by atoms with Crippen molar-refractivity contribution >= 4 is 23.6 Å². The molecule has 2 heterocycles. The molecule has 2 N–H and O–H groups in total. The predicted octanol–water partition coefficient (Wildman–Crippen LogP) is 5.00. The van der Waals surface area contributed by atoms with Crippen LogP contribution in [0.25, 0.3) is 11.3 Å². The zero-order chi connectivity index (χ0) is 20.9. The van der Waals surface area contributed by atoms with E-state index in [-0.39, 0.29) is 11.7 Å². The van der Waals surface area contributed by atoms with Crippen LogP contribution >= 0.6 is 11.8 Å². The van der Waals surface area contributed by atoms with Crippen LogP contribution in [0, 0.1) is 13.8 Å². The standard InChI is InChI=1S/C23H22N4O2S/c1-15-8-10-18(11-9-15)20-13-22(29-27-20)26-21(28)14-30-23-24-16(2)19(25-23)12-17-6-4-3-5-7-17/h3-11,13H,12,14H2,1-2H3,(H,24,25)(H,26,28). The number of amides is 1. The fourth-order valence-electron chi connectivity index (χ4n) is 3.00. The highest BCUT2D eigenvalue weighted by Crippen LogP contribution is 2.23. The van der Waals surface area contributed by atoms with E-state index in [2.05, 4.69) is 32.6 Å². The van der Waals surface area contributed by atoms with Crippen LogP contribution in [-0.2, 0) is 11.2 Å². The van der Waals surface area contributed by atoms with Gasteiger partial charge in [-0.2, -0.15) is 0 Å². The molecule has 0 atom stereocenters. The number of nitrogens with one attached hydrogen (secondary N) is 2. The molecule has 0 bridgehead atoms. The molecule has 1 amide bonds. The van der Waals surface area contributed by atoms with Gasteiger partial charge in [-0.3, -0.25) is 10.1 Å². The van der Waals surface area contributed by atoms with E-state index in [1.165, 1.54) is 22.9 Å². The predicted molar refractivity (Wildman–Crippen MR) is 119 cm³/mol. The van der Waals surface area contributed by atoms with Gasteiger partial charge in [-0.15, -0.1) is 0 Å². The van der Waals surface area contributed by atoms with Gasteiger partial charge in [-0.25, -0.2) is 4.98 Å². The summed E-state index contributed by atoms with van der Waals surface area (Å²) >= 11 is 1.36. The molecule has 0 unspecified atom stereocenters. The first-order valence-electron chi connectivity index (χ1n) is 9.62. The summed E-state index contributed by atoms with van der Waals surface area (Å²) in [5, 5.41) is 7.50. The third kappa shape index (κ3) is 4.99. The van der Waals surface area contributed by atoms with Crippen molar-refractivity contribution in [3.63, 3.8) is 0 Å². The summed E-state index contributed by atoms with van der Waals surface area (Å²) < 4.78 is 5.25. The Morgan fingerprint density at radius 2 is 1.87 bits per heavy atom. The van der Waals surface area contributed by atoms with E-state index in [1.54, 1.807) is 6.07 Å². The number of hydrogen-bond donors (Lipinski definition) is 2. The lowest BCUT2D eigenvalue weighted by atomic mass is 10.1. The lowest BCUT2D eigenvalue weighted by Gasteiger charge is -1.99. The number of aromatic nitrogens is 3. The Morgan fingerprint density at radius 3 is 2.63 bits per heavy atom. The number of aromatic amines is 1. The Kier molecular flexibility index (Phi) is 5.99. The highest BCUT2D eigenvalue weighted by Gasteiger charge is 2.13. The molecule has 0 fully saturated rings. The Labute approximate surface area is 179 Å². The van der Waals surface area contributed by atoms with Crippen molar-refractivity contribution in [2.24, 2.45) is 0 Å². The number of anilines is 1. The van der Waals surface area contributed by atoms with Crippen molar-refractivity contribution in [1.82, 2.24) is 15.1 Å². The van der Waals surface area contributed by atoms with Crippen LogP contribution < -0.4 is 5.32 Å². The van der Waals surface area contributed by atoms with Crippen LogP contribution in [0.4, 0.5) is 5.88 Å². The molecule has 0 saturated carbocycles. The minimum atomic E-state index is -0.176. The number of hydrogen-bond acceptors (Lipinski definition) is 5. The second-order valence-electron chi connectivity index (χ2n) is 7.06. The van der Waals surface area contributed by atoms with E-state index in [4.69, 9.17) is 4.52 Å². The van der Waals surface area contributed by atoms with Crippen LogP contribution in [0.1, 0.15) is 22.5 Å². The number of H-pyrrole nitrogens is 1. The molecule has 0 saturated heterocycles. The number of rotatable bonds is 7. The second-order valence-corrected chi connectivity index (χ2v) is 8.02. The lowest BCUT2D eigenvalue weighted by Crippen LogP contribution is -2.13. The summed E-state index contributed by atoms with van der Waals surface area (Å²) in [5.74, 6) is 0.375. The second kappa shape index (κ2) is 9.00. The van der Waals surface area contributed by atoms with Crippen LogP contribution in [0.3, 0.4) is 0 Å². The van der Waals surface area contributed by atoms with Gasteiger partial charge in [0, 0.05) is 23.7 Å². The monoisotopic (exact) mass is 418 g/mol. The van der Waals surface area contributed by atoms with E-state index in [0.717, 1.165) is 28.5 Å². The van der Waals surface area contributed by atoms with E-state index in [1.807, 2.05) is 56.3 Å². The molecule has 7 heteroatoms. The maximum absolute atomic E-state index is 12.3. The van der Waals surface area contributed by atoms with E-state index >= 15 is 0 Å². The van der Waals surface area contributed by atoms with E-state index < -0.39 is 0 Å². The number of nitrogens with zero attached hydrogens (tertiary/aromatic N) is 2. The SMILES string of the molecule is Cc1ccc(-c2cc(NC(=O)CSc3nc(Cc4ccccc4)c(C)[nH]3)on2)cc1. The first-order chi connectivity index (χ1) is 14.6. The van der Waals surface area contributed by atoms with Crippen molar-refractivity contribution in [2.45, 2.75) is 25.4 Å². The Morgan fingerprint density at radius 1 is 1.10 bits per heavy atom. The summed E-state index contributed by atoms with van der Waals surface area (Å²) in [6.07, 6.45) is 0.760. The van der Waals surface area contributed by atoms with Gasteiger partial charge in [0.15, 0.2) is 5.16 Å². The number of aryl methyl sites for hydroxylation is 2. The first kappa shape index (κ1) is 20.0. The lowest BCUT2D eigenvalue weighted by molar-refractivity contribution is -0.113. The number of thioether (sulfide) groups is 1. The maximum Gasteiger partial charge on any atom is 0.237 e. The smallest absolute Gasteiger partial charge is 0.237 e. The number of imidazole rings is 1. The minimum Gasteiger partial charge on any atom is -0.338 e. The van der Waals surface area contributed by atoms with Gasteiger partial charge in [0.2, 0.25) is 11.8 Å². The third-order valence-electron chi connectivity index (χ3n) is 4.64.